The Morgan fingerprint density at radius 3 is 2.24 bits per heavy atom. The van der Waals surface area contributed by atoms with Crippen molar-refractivity contribution in [1.82, 2.24) is 5.32 Å². The summed E-state index contributed by atoms with van der Waals surface area (Å²) < 4.78 is 44.3. The van der Waals surface area contributed by atoms with E-state index in [4.69, 9.17) is 4.74 Å². The van der Waals surface area contributed by atoms with Gasteiger partial charge in [-0.25, -0.2) is 0 Å². The summed E-state index contributed by atoms with van der Waals surface area (Å²) in [6.07, 6.45) is -4.65. The highest BCUT2D eigenvalue weighted by Crippen LogP contribution is 2.32. The minimum absolute atomic E-state index is 0.168. The molecule has 0 unspecified atom stereocenters. The third kappa shape index (κ3) is 6.42. The van der Waals surface area contributed by atoms with Crippen LogP contribution < -0.4 is 15.4 Å². The van der Waals surface area contributed by atoms with E-state index in [0.717, 1.165) is 12.1 Å². The molecule has 0 aromatic heterocycles. The highest BCUT2D eigenvalue weighted by atomic mass is 19.4. The van der Waals surface area contributed by atoms with E-state index in [1.54, 1.807) is 30.3 Å². The lowest BCUT2D eigenvalue weighted by atomic mass is 10.1. The zero-order valence-corrected chi connectivity index (χ0v) is 17.4. The Bertz CT molecular complexity index is 1170. The number of anilines is 1. The molecule has 0 bridgehead atoms. The molecule has 0 saturated heterocycles. The zero-order chi connectivity index (χ0) is 24.0. The second-order valence-electron chi connectivity index (χ2n) is 7.00. The quantitative estimate of drug-likeness (QED) is 0.412. The Morgan fingerprint density at radius 1 is 0.879 bits per heavy atom. The van der Waals surface area contributed by atoms with E-state index in [2.05, 4.69) is 10.6 Å². The number of nitrogens with one attached hydrogen (secondary N) is 2. The van der Waals surface area contributed by atoms with Crippen LogP contribution in [0.1, 0.15) is 38.8 Å². The molecular weight excluding hydrogens is 437 g/mol. The summed E-state index contributed by atoms with van der Waals surface area (Å²) in [4.78, 5) is 35.7. The predicted octanol–water partition coefficient (Wildman–Crippen LogP) is 4.81. The first-order chi connectivity index (χ1) is 15.6. The van der Waals surface area contributed by atoms with Crippen LogP contribution in [0, 0.1) is 0 Å². The summed E-state index contributed by atoms with van der Waals surface area (Å²) >= 11 is 0. The highest BCUT2D eigenvalue weighted by Gasteiger charge is 2.34. The van der Waals surface area contributed by atoms with Crippen LogP contribution in [-0.2, 0) is 17.5 Å². The molecule has 3 rings (SSSR count). The molecule has 0 aliphatic rings. The first-order valence-electron chi connectivity index (χ1n) is 9.76. The number of rotatable bonds is 6. The van der Waals surface area contributed by atoms with E-state index in [1.165, 1.54) is 37.3 Å². The van der Waals surface area contributed by atoms with Crippen molar-refractivity contribution in [2.75, 3.05) is 5.32 Å². The van der Waals surface area contributed by atoms with Gasteiger partial charge in [0.15, 0.2) is 0 Å². The van der Waals surface area contributed by atoms with Crippen LogP contribution in [0.5, 0.6) is 5.75 Å². The van der Waals surface area contributed by atoms with E-state index in [0.29, 0.717) is 16.8 Å². The van der Waals surface area contributed by atoms with Gasteiger partial charge < -0.3 is 15.4 Å². The average molecular weight is 456 g/mol. The van der Waals surface area contributed by atoms with Gasteiger partial charge in [-0.15, -0.1) is 0 Å². The van der Waals surface area contributed by atoms with Crippen molar-refractivity contribution in [2.24, 2.45) is 0 Å². The van der Waals surface area contributed by atoms with E-state index < -0.39 is 29.2 Å². The normalized spacial score (nSPS) is 10.9. The van der Waals surface area contributed by atoms with Crippen LogP contribution in [-0.4, -0.2) is 17.8 Å². The van der Waals surface area contributed by atoms with Gasteiger partial charge in [0.25, 0.3) is 11.8 Å². The predicted molar refractivity (Wildman–Crippen MR) is 115 cm³/mol. The largest absolute Gasteiger partial charge is 0.427 e. The minimum Gasteiger partial charge on any atom is -0.427 e. The topological polar surface area (TPSA) is 84.5 Å². The van der Waals surface area contributed by atoms with Gasteiger partial charge in [-0.1, -0.05) is 30.3 Å². The molecule has 0 atom stereocenters. The molecule has 2 N–H and O–H groups in total. The van der Waals surface area contributed by atoms with Crippen LogP contribution in [0.3, 0.4) is 0 Å². The van der Waals surface area contributed by atoms with Crippen molar-refractivity contribution in [2.45, 2.75) is 19.6 Å². The lowest BCUT2D eigenvalue weighted by Crippen LogP contribution is -2.23. The molecule has 2 amide bonds. The third-order valence-corrected chi connectivity index (χ3v) is 4.50. The molecule has 33 heavy (non-hydrogen) atoms. The maximum atomic E-state index is 13.1. The summed E-state index contributed by atoms with van der Waals surface area (Å²) in [5, 5.41) is 5.16. The summed E-state index contributed by atoms with van der Waals surface area (Å²) in [6, 6.07) is 17.0. The minimum atomic E-state index is -4.65. The number of hydrogen-bond donors (Lipinski definition) is 2. The molecule has 0 aliphatic carbocycles. The number of esters is 1. The standard InChI is InChI=1S/C24H19F3N2O4/c1-15(30)33-19-6-4-5-17(13-19)22(31)28-14-16-9-11-18(12-10-16)29-23(32)20-7-2-3-8-21(20)24(25,26)27/h2-13H,14H2,1H3,(H,28,31)(H,29,32). The first kappa shape index (κ1) is 23.5. The number of ether oxygens (including phenoxy) is 1. The number of hydrogen-bond acceptors (Lipinski definition) is 4. The number of alkyl halides is 3. The van der Waals surface area contributed by atoms with Crippen molar-refractivity contribution in [3.05, 3.63) is 95.1 Å². The molecule has 9 heteroatoms. The van der Waals surface area contributed by atoms with Gasteiger partial charge in [0.05, 0.1) is 11.1 Å². The maximum absolute atomic E-state index is 13.1. The first-order valence-corrected chi connectivity index (χ1v) is 9.76. The fourth-order valence-corrected chi connectivity index (χ4v) is 2.98. The van der Waals surface area contributed by atoms with Crippen molar-refractivity contribution in [3.8, 4) is 5.75 Å². The fourth-order valence-electron chi connectivity index (χ4n) is 2.98. The van der Waals surface area contributed by atoms with Crippen molar-refractivity contribution in [3.63, 3.8) is 0 Å². The molecule has 6 nitrogen and oxygen atoms in total. The smallest absolute Gasteiger partial charge is 0.417 e. The van der Waals surface area contributed by atoms with Gasteiger partial charge in [-0.3, -0.25) is 14.4 Å². The SMILES string of the molecule is CC(=O)Oc1cccc(C(=O)NCc2ccc(NC(=O)c3ccccc3C(F)(F)F)cc2)c1. The highest BCUT2D eigenvalue weighted by molar-refractivity contribution is 6.05. The Labute approximate surface area is 187 Å². The molecule has 3 aromatic rings. The lowest BCUT2D eigenvalue weighted by Gasteiger charge is -2.13. The van der Waals surface area contributed by atoms with Gasteiger partial charge >= 0.3 is 12.1 Å². The Kier molecular flexibility index (Phi) is 7.12. The number of halogens is 3. The van der Waals surface area contributed by atoms with E-state index in [9.17, 15) is 27.6 Å². The van der Waals surface area contributed by atoms with Crippen LogP contribution in [0.2, 0.25) is 0 Å². The number of amides is 2. The summed E-state index contributed by atoms with van der Waals surface area (Å²) in [5.41, 5.74) is -0.174. The Hall–Kier alpha value is -4.14. The van der Waals surface area contributed by atoms with Crippen LogP contribution in [0.4, 0.5) is 18.9 Å². The molecule has 0 spiro atoms. The molecule has 170 valence electrons. The van der Waals surface area contributed by atoms with Gasteiger partial charge in [-0.2, -0.15) is 13.2 Å². The summed E-state index contributed by atoms with van der Waals surface area (Å²) in [7, 11) is 0. The van der Waals surface area contributed by atoms with Crippen LogP contribution in [0.25, 0.3) is 0 Å². The molecule has 0 radical (unpaired) electrons. The molecule has 0 aliphatic heterocycles. The number of benzene rings is 3. The molecule has 0 fully saturated rings. The van der Waals surface area contributed by atoms with Gasteiger partial charge in [0.2, 0.25) is 0 Å². The summed E-state index contributed by atoms with van der Waals surface area (Å²) in [6.45, 7) is 1.43. The van der Waals surface area contributed by atoms with Crippen molar-refractivity contribution < 1.29 is 32.3 Å². The second-order valence-corrected chi connectivity index (χ2v) is 7.00. The monoisotopic (exact) mass is 456 g/mol. The van der Waals surface area contributed by atoms with E-state index >= 15 is 0 Å². The summed E-state index contributed by atoms with van der Waals surface area (Å²) in [5.74, 6) is -1.51. The van der Waals surface area contributed by atoms with Gasteiger partial charge in [0, 0.05) is 24.7 Å². The van der Waals surface area contributed by atoms with Crippen molar-refractivity contribution in [1.29, 1.82) is 0 Å². The zero-order valence-electron chi connectivity index (χ0n) is 17.4. The third-order valence-electron chi connectivity index (χ3n) is 4.50. The van der Waals surface area contributed by atoms with Crippen molar-refractivity contribution >= 4 is 23.5 Å². The maximum Gasteiger partial charge on any atom is 0.417 e. The van der Waals surface area contributed by atoms with Crippen LogP contribution >= 0.6 is 0 Å². The molecule has 3 aromatic carbocycles. The van der Waals surface area contributed by atoms with Gasteiger partial charge in [-0.05, 0) is 48.0 Å². The number of carbonyl (C=O) groups is 3. The molecule has 0 saturated carbocycles. The van der Waals surface area contributed by atoms with E-state index in [-0.39, 0.29) is 18.2 Å². The fraction of sp³-hybridized carbons (Fsp3) is 0.125. The average Bonchev–Trinajstić information content (AvgIpc) is 2.77. The Morgan fingerprint density at radius 2 is 1.58 bits per heavy atom. The lowest BCUT2D eigenvalue weighted by molar-refractivity contribution is -0.138. The Balaban J connectivity index is 1.61. The number of carbonyl (C=O) groups excluding carboxylic acids is 3. The molecular formula is C24H19F3N2O4. The second kappa shape index (κ2) is 9.99. The molecule has 0 heterocycles. The van der Waals surface area contributed by atoms with Gasteiger partial charge in [0.1, 0.15) is 5.75 Å². The van der Waals surface area contributed by atoms with E-state index in [1.807, 2.05) is 0 Å². The van der Waals surface area contributed by atoms with Crippen LogP contribution in [0.15, 0.2) is 72.8 Å².